The molecule has 7 heteroatoms. The van der Waals surface area contributed by atoms with Crippen molar-refractivity contribution in [2.75, 3.05) is 13.7 Å². The Morgan fingerprint density at radius 1 is 1.26 bits per heavy atom. The molecule has 0 amide bonds. The fourth-order valence-electron chi connectivity index (χ4n) is 2.14. The van der Waals surface area contributed by atoms with E-state index in [1.807, 2.05) is 0 Å². The summed E-state index contributed by atoms with van der Waals surface area (Å²) >= 11 is 0. The molecule has 0 heterocycles. The van der Waals surface area contributed by atoms with Gasteiger partial charge in [0.1, 0.15) is 11.7 Å². The van der Waals surface area contributed by atoms with E-state index in [4.69, 9.17) is 4.74 Å². The van der Waals surface area contributed by atoms with Crippen LogP contribution in [-0.4, -0.2) is 29.5 Å². The summed E-state index contributed by atoms with van der Waals surface area (Å²) in [6, 6.07) is 5.70. The van der Waals surface area contributed by atoms with Gasteiger partial charge in [0.2, 0.25) is 12.6 Å². The number of hydrogen-bond donors (Lipinski definition) is 0. The third kappa shape index (κ3) is 3.64. The van der Waals surface area contributed by atoms with Gasteiger partial charge in [0.15, 0.2) is 0 Å². The van der Waals surface area contributed by atoms with Crippen LogP contribution in [0.25, 0.3) is 0 Å². The second-order valence-corrected chi connectivity index (χ2v) is 4.12. The van der Waals surface area contributed by atoms with Gasteiger partial charge in [0.25, 0.3) is 0 Å². The Morgan fingerprint density at radius 3 is 2.37 bits per heavy atom. The van der Waals surface area contributed by atoms with Crippen LogP contribution in [-0.2, 0) is 0 Å². The summed E-state index contributed by atoms with van der Waals surface area (Å²) in [5, 5.41) is 21.8. The summed E-state index contributed by atoms with van der Waals surface area (Å²) in [5.74, 6) is -0.360. The normalized spacial score (nSPS) is 13.6. The lowest BCUT2D eigenvalue weighted by molar-refractivity contribution is -0.547. The summed E-state index contributed by atoms with van der Waals surface area (Å²) in [7, 11) is 1.44. The van der Waals surface area contributed by atoms with E-state index in [0.717, 1.165) is 0 Å². The highest BCUT2D eigenvalue weighted by atomic mass is 16.6. The molecule has 2 atom stereocenters. The summed E-state index contributed by atoms with van der Waals surface area (Å²) in [6.45, 7) is 1.16. The van der Waals surface area contributed by atoms with Crippen LogP contribution in [0.1, 0.15) is 24.8 Å². The molecule has 0 bridgehead atoms. The maximum absolute atomic E-state index is 11.1. The van der Waals surface area contributed by atoms with Gasteiger partial charge in [-0.2, -0.15) is 0 Å². The molecule has 0 aliphatic carbocycles. The molecule has 0 aliphatic rings. The average Bonchev–Trinajstić information content (AvgIpc) is 2.37. The van der Waals surface area contributed by atoms with Crippen molar-refractivity contribution in [3.63, 3.8) is 0 Å². The Balaban J connectivity index is 3.22. The standard InChI is InChI=1S/C12H16N2O5/c1-3-11(14(17)18)10(8-13(15)16)9-6-4-5-7-12(9)19-2/h4-7,10-11H,3,8H2,1-2H3/t10-,11+/m0/s1. The zero-order valence-electron chi connectivity index (χ0n) is 10.8. The van der Waals surface area contributed by atoms with Gasteiger partial charge in [-0.15, -0.1) is 0 Å². The molecule has 0 N–H and O–H groups in total. The van der Waals surface area contributed by atoms with E-state index in [2.05, 4.69) is 0 Å². The van der Waals surface area contributed by atoms with E-state index in [9.17, 15) is 20.2 Å². The minimum Gasteiger partial charge on any atom is -0.496 e. The molecule has 0 spiro atoms. The number of ether oxygens (including phenoxy) is 1. The maximum atomic E-state index is 11.1. The maximum Gasteiger partial charge on any atom is 0.226 e. The molecule has 1 aromatic carbocycles. The van der Waals surface area contributed by atoms with Gasteiger partial charge in [0, 0.05) is 21.8 Å². The van der Waals surface area contributed by atoms with Crippen LogP contribution < -0.4 is 4.74 Å². The van der Waals surface area contributed by atoms with Gasteiger partial charge in [-0.25, -0.2) is 0 Å². The molecule has 0 saturated heterocycles. The van der Waals surface area contributed by atoms with Crippen molar-refractivity contribution in [3.05, 3.63) is 50.1 Å². The van der Waals surface area contributed by atoms with Crippen LogP contribution in [0.3, 0.4) is 0 Å². The Bertz CT molecular complexity index is 463. The third-order valence-corrected chi connectivity index (χ3v) is 3.04. The van der Waals surface area contributed by atoms with Crippen LogP contribution in [0, 0.1) is 20.2 Å². The highest BCUT2D eigenvalue weighted by molar-refractivity contribution is 5.37. The van der Waals surface area contributed by atoms with E-state index >= 15 is 0 Å². The number of hydrogen-bond acceptors (Lipinski definition) is 5. The molecule has 104 valence electrons. The van der Waals surface area contributed by atoms with Crippen molar-refractivity contribution in [2.24, 2.45) is 0 Å². The van der Waals surface area contributed by atoms with E-state index < -0.39 is 28.4 Å². The van der Waals surface area contributed by atoms with Gasteiger partial charge in [-0.05, 0) is 6.07 Å². The number of methoxy groups -OCH3 is 1. The topological polar surface area (TPSA) is 95.5 Å². The molecule has 0 aliphatic heterocycles. The summed E-state index contributed by atoms with van der Waals surface area (Å²) < 4.78 is 5.14. The van der Waals surface area contributed by atoms with Gasteiger partial charge < -0.3 is 4.74 Å². The van der Waals surface area contributed by atoms with Crippen LogP contribution >= 0.6 is 0 Å². The highest BCUT2D eigenvalue weighted by Gasteiger charge is 2.36. The van der Waals surface area contributed by atoms with Crippen molar-refractivity contribution in [1.29, 1.82) is 0 Å². The third-order valence-electron chi connectivity index (χ3n) is 3.04. The number of para-hydroxylation sites is 1. The van der Waals surface area contributed by atoms with Crippen LogP contribution in [0.15, 0.2) is 24.3 Å². The van der Waals surface area contributed by atoms with E-state index in [1.54, 1.807) is 31.2 Å². The highest BCUT2D eigenvalue weighted by Crippen LogP contribution is 2.31. The van der Waals surface area contributed by atoms with Crippen molar-refractivity contribution in [3.8, 4) is 5.75 Å². The Kier molecular flexibility index (Phi) is 5.23. The lowest BCUT2D eigenvalue weighted by Crippen LogP contribution is -2.32. The van der Waals surface area contributed by atoms with Gasteiger partial charge in [-0.1, -0.05) is 25.1 Å². The van der Waals surface area contributed by atoms with Gasteiger partial charge in [-0.3, -0.25) is 20.2 Å². The minimum absolute atomic E-state index is 0.226. The molecule has 19 heavy (non-hydrogen) atoms. The first-order valence-corrected chi connectivity index (χ1v) is 5.89. The molecule has 0 unspecified atom stereocenters. The zero-order valence-corrected chi connectivity index (χ0v) is 10.8. The predicted octanol–water partition coefficient (Wildman–Crippen LogP) is 2.11. The minimum atomic E-state index is -0.998. The fraction of sp³-hybridized carbons (Fsp3) is 0.500. The average molecular weight is 268 g/mol. The molecule has 0 aromatic heterocycles. The predicted molar refractivity (Wildman–Crippen MR) is 68.7 cm³/mol. The van der Waals surface area contributed by atoms with E-state index in [0.29, 0.717) is 11.3 Å². The SMILES string of the molecule is CC[C@H]([C@@H](C[N+](=O)[O-])c1ccccc1OC)[N+](=O)[O-]. The lowest BCUT2D eigenvalue weighted by Gasteiger charge is -2.19. The van der Waals surface area contributed by atoms with Crippen molar-refractivity contribution < 1.29 is 14.6 Å². The Morgan fingerprint density at radius 2 is 1.89 bits per heavy atom. The molecular formula is C12H16N2O5. The van der Waals surface area contributed by atoms with Crippen molar-refractivity contribution in [2.45, 2.75) is 25.3 Å². The van der Waals surface area contributed by atoms with Crippen LogP contribution in [0.5, 0.6) is 5.75 Å². The van der Waals surface area contributed by atoms with Gasteiger partial charge >= 0.3 is 0 Å². The number of rotatable bonds is 7. The first kappa shape index (κ1) is 14.9. The second-order valence-electron chi connectivity index (χ2n) is 4.12. The number of nitrogens with zero attached hydrogens (tertiary/aromatic N) is 2. The first-order chi connectivity index (χ1) is 9.01. The summed E-state index contributed by atoms with van der Waals surface area (Å²) in [4.78, 5) is 20.9. The van der Waals surface area contributed by atoms with Crippen LogP contribution in [0.4, 0.5) is 0 Å². The molecule has 1 rings (SSSR count). The van der Waals surface area contributed by atoms with Crippen LogP contribution in [0.2, 0.25) is 0 Å². The first-order valence-electron chi connectivity index (χ1n) is 5.89. The number of nitro groups is 2. The smallest absolute Gasteiger partial charge is 0.226 e. The zero-order chi connectivity index (χ0) is 14.4. The van der Waals surface area contributed by atoms with Crippen molar-refractivity contribution >= 4 is 0 Å². The number of benzene rings is 1. The Labute approximate surface area is 110 Å². The van der Waals surface area contributed by atoms with E-state index in [1.165, 1.54) is 7.11 Å². The van der Waals surface area contributed by atoms with Crippen molar-refractivity contribution in [1.82, 2.24) is 0 Å². The Hall–Kier alpha value is -2.18. The monoisotopic (exact) mass is 268 g/mol. The molecule has 1 aromatic rings. The summed E-state index contributed by atoms with van der Waals surface area (Å²) in [5.41, 5.74) is 0.505. The molecule has 0 radical (unpaired) electrons. The lowest BCUT2D eigenvalue weighted by atomic mass is 9.89. The fourth-order valence-corrected chi connectivity index (χ4v) is 2.14. The second kappa shape index (κ2) is 6.67. The quantitative estimate of drug-likeness (QED) is 0.557. The molecule has 7 nitrogen and oxygen atoms in total. The molecule has 0 saturated carbocycles. The molecule has 0 fully saturated rings. The van der Waals surface area contributed by atoms with Gasteiger partial charge in [0.05, 0.1) is 7.11 Å². The van der Waals surface area contributed by atoms with E-state index in [-0.39, 0.29) is 6.42 Å². The molecular weight excluding hydrogens is 252 g/mol. The largest absolute Gasteiger partial charge is 0.496 e. The summed E-state index contributed by atoms with van der Waals surface area (Å²) in [6.07, 6.45) is 0.226.